The number of rotatable bonds is 5. The number of halogens is 1. The third-order valence-corrected chi connectivity index (χ3v) is 6.06. The lowest BCUT2D eigenvalue weighted by molar-refractivity contribution is 0.311. The molecule has 1 N–H and O–H groups in total. The smallest absolute Gasteiger partial charge is 0.156 e. The fourth-order valence-electron chi connectivity index (χ4n) is 1.64. The molecule has 1 rings (SSSR count). The van der Waals surface area contributed by atoms with E-state index in [9.17, 15) is 8.42 Å². The Morgan fingerprint density at radius 2 is 1.88 bits per heavy atom. The molecule has 0 unspecified atom stereocenters. The fraction of sp³-hybridized carbons (Fsp3) is 1.00. The molecule has 0 spiro atoms. The highest BCUT2D eigenvalue weighted by molar-refractivity contribution is 7.92. The standard InChI is InChI=1S/C11H22ClNO2S/c1-11(2,3)16(14,15)5-4-13-8-9-6-10(12)7-9/h9-10,13H,4-8H2,1-3H3. The molecule has 0 aliphatic heterocycles. The van der Waals surface area contributed by atoms with Gasteiger partial charge in [0, 0.05) is 11.9 Å². The number of alkyl halides is 1. The van der Waals surface area contributed by atoms with Crippen molar-refractivity contribution in [2.24, 2.45) is 5.92 Å². The first-order valence-corrected chi connectivity index (χ1v) is 7.88. The first-order valence-electron chi connectivity index (χ1n) is 5.79. The Morgan fingerprint density at radius 1 is 1.31 bits per heavy atom. The first-order chi connectivity index (χ1) is 7.22. The molecule has 1 aliphatic carbocycles. The molecule has 1 fully saturated rings. The Labute approximate surface area is 104 Å². The minimum atomic E-state index is -2.98. The second-order valence-electron chi connectivity index (χ2n) is 5.57. The molecule has 0 aromatic rings. The zero-order chi connectivity index (χ0) is 12.4. The minimum Gasteiger partial charge on any atom is -0.315 e. The molecule has 0 aromatic carbocycles. The molecule has 0 aromatic heterocycles. The molecule has 0 radical (unpaired) electrons. The summed E-state index contributed by atoms with van der Waals surface area (Å²) in [5, 5.41) is 3.54. The molecule has 96 valence electrons. The van der Waals surface area contributed by atoms with E-state index in [0.717, 1.165) is 19.4 Å². The van der Waals surface area contributed by atoms with Crippen LogP contribution in [0.3, 0.4) is 0 Å². The van der Waals surface area contributed by atoms with Crippen molar-refractivity contribution in [2.75, 3.05) is 18.8 Å². The molecule has 3 nitrogen and oxygen atoms in total. The van der Waals surface area contributed by atoms with E-state index in [0.29, 0.717) is 17.8 Å². The first kappa shape index (κ1) is 14.3. The van der Waals surface area contributed by atoms with Crippen molar-refractivity contribution in [3.8, 4) is 0 Å². The Balaban J connectivity index is 2.16. The fourth-order valence-corrected chi connectivity index (χ4v) is 3.17. The molecule has 0 saturated heterocycles. The Hall–Kier alpha value is 0.200. The van der Waals surface area contributed by atoms with Crippen molar-refractivity contribution < 1.29 is 8.42 Å². The molecule has 1 saturated carbocycles. The molecule has 5 heteroatoms. The minimum absolute atomic E-state index is 0.216. The summed E-state index contributed by atoms with van der Waals surface area (Å²) in [6.07, 6.45) is 2.11. The molecule has 1 aliphatic rings. The lowest BCUT2D eigenvalue weighted by Gasteiger charge is -2.31. The van der Waals surface area contributed by atoms with Gasteiger partial charge < -0.3 is 5.32 Å². The van der Waals surface area contributed by atoms with Gasteiger partial charge in [0.25, 0.3) is 0 Å². The highest BCUT2D eigenvalue weighted by Gasteiger charge is 2.29. The summed E-state index contributed by atoms with van der Waals surface area (Å²) in [5.41, 5.74) is 0. The Bertz CT molecular complexity index is 315. The summed E-state index contributed by atoms with van der Waals surface area (Å²) >= 11 is 5.87. The Morgan fingerprint density at radius 3 is 2.31 bits per heavy atom. The van der Waals surface area contributed by atoms with Crippen LogP contribution in [0.4, 0.5) is 0 Å². The number of nitrogens with one attached hydrogen (secondary N) is 1. The van der Waals surface area contributed by atoms with Gasteiger partial charge in [-0.2, -0.15) is 0 Å². The van der Waals surface area contributed by atoms with Gasteiger partial charge in [0.15, 0.2) is 9.84 Å². The van der Waals surface area contributed by atoms with E-state index in [1.165, 1.54) is 0 Å². The summed E-state index contributed by atoms with van der Waals surface area (Å²) in [4.78, 5) is 0. The van der Waals surface area contributed by atoms with E-state index in [-0.39, 0.29) is 5.75 Å². The highest BCUT2D eigenvalue weighted by Crippen LogP contribution is 2.31. The van der Waals surface area contributed by atoms with Crippen LogP contribution in [0, 0.1) is 5.92 Å². The van der Waals surface area contributed by atoms with E-state index < -0.39 is 14.6 Å². The second kappa shape index (κ2) is 5.23. The zero-order valence-electron chi connectivity index (χ0n) is 10.3. The molecular weight excluding hydrogens is 246 g/mol. The van der Waals surface area contributed by atoms with Gasteiger partial charge in [0.2, 0.25) is 0 Å². The van der Waals surface area contributed by atoms with Crippen molar-refractivity contribution in [2.45, 2.75) is 43.7 Å². The van der Waals surface area contributed by atoms with Gasteiger partial charge >= 0.3 is 0 Å². The maximum Gasteiger partial charge on any atom is 0.156 e. The van der Waals surface area contributed by atoms with Crippen LogP contribution in [0.5, 0.6) is 0 Å². The normalized spacial score (nSPS) is 26.5. The SMILES string of the molecule is CC(C)(C)S(=O)(=O)CCNCC1CC(Cl)C1. The molecule has 0 amide bonds. The van der Waals surface area contributed by atoms with Crippen molar-refractivity contribution in [1.82, 2.24) is 5.32 Å². The maximum absolute atomic E-state index is 11.8. The van der Waals surface area contributed by atoms with Gasteiger partial charge in [-0.1, -0.05) is 0 Å². The van der Waals surface area contributed by atoms with Crippen molar-refractivity contribution in [3.05, 3.63) is 0 Å². The second-order valence-corrected chi connectivity index (χ2v) is 9.05. The summed E-state index contributed by atoms with van der Waals surface area (Å²) in [6, 6.07) is 0. The van der Waals surface area contributed by atoms with Crippen LogP contribution in [0.2, 0.25) is 0 Å². The van der Waals surface area contributed by atoms with E-state index in [4.69, 9.17) is 11.6 Å². The lowest BCUT2D eigenvalue weighted by atomic mass is 9.85. The van der Waals surface area contributed by atoms with E-state index in [1.807, 2.05) is 0 Å². The number of sulfone groups is 1. The predicted molar refractivity (Wildman–Crippen MR) is 68.8 cm³/mol. The zero-order valence-corrected chi connectivity index (χ0v) is 11.9. The van der Waals surface area contributed by atoms with Gasteiger partial charge in [-0.3, -0.25) is 0 Å². The van der Waals surface area contributed by atoms with E-state index in [1.54, 1.807) is 20.8 Å². The molecule has 0 bridgehead atoms. The van der Waals surface area contributed by atoms with Gasteiger partial charge in [-0.05, 0) is 46.1 Å². The van der Waals surface area contributed by atoms with Crippen LogP contribution in [-0.2, 0) is 9.84 Å². The Kier molecular flexibility index (Phi) is 4.66. The summed E-state index contributed by atoms with van der Waals surface area (Å²) < 4.78 is 22.9. The van der Waals surface area contributed by atoms with Gasteiger partial charge in [-0.15, -0.1) is 11.6 Å². The van der Waals surface area contributed by atoms with Crippen LogP contribution in [0.1, 0.15) is 33.6 Å². The van der Waals surface area contributed by atoms with E-state index in [2.05, 4.69) is 5.32 Å². The molecular formula is C11H22ClNO2S. The van der Waals surface area contributed by atoms with Gasteiger partial charge in [0.05, 0.1) is 10.5 Å². The largest absolute Gasteiger partial charge is 0.315 e. The van der Waals surface area contributed by atoms with Crippen molar-refractivity contribution >= 4 is 21.4 Å². The van der Waals surface area contributed by atoms with Gasteiger partial charge in [-0.25, -0.2) is 8.42 Å². The lowest BCUT2D eigenvalue weighted by Crippen LogP contribution is -2.38. The van der Waals surface area contributed by atoms with Crippen LogP contribution in [0.15, 0.2) is 0 Å². The van der Waals surface area contributed by atoms with Crippen LogP contribution in [-0.4, -0.2) is 37.4 Å². The van der Waals surface area contributed by atoms with E-state index >= 15 is 0 Å². The third kappa shape index (κ3) is 3.90. The highest BCUT2D eigenvalue weighted by atomic mass is 35.5. The number of hydrogen-bond acceptors (Lipinski definition) is 3. The average molecular weight is 268 g/mol. The van der Waals surface area contributed by atoms with Crippen molar-refractivity contribution in [3.63, 3.8) is 0 Å². The van der Waals surface area contributed by atoms with Crippen LogP contribution >= 0.6 is 11.6 Å². The number of hydrogen-bond donors (Lipinski definition) is 1. The van der Waals surface area contributed by atoms with Gasteiger partial charge in [0.1, 0.15) is 0 Å². The van der Waals surface area contributed by atoms with Crippen LogP contribution in [0.25, 0.3) is 0 Å². The van der Waals surface area contributed by atoms with Crippen molar-refractivity contribution in [1.29, 1.82) is 0 Å². The monoisotopic (exact) mass is 267 g/mol. The molecule has 0 heterocycles. The predicted octanol–water partition coefficient (Wildman–Crippen LogP) is 1.81. The molecule has 0 atom stereocenters. The topological polar surface area (TPSA) is 46.2 Å². The maximum atomic E-state index is 11.8. The third-order valence-electron chi connectivity index (χ3n) is 3.09. The average Bonchev–Trinajstić information content (AvgIpc) is 2.06. The summed E-state index contributed by atoms with van der Waals surface area (Å²) in [7, 11) is -2.98. The molecule has 16 heavy (non-hydrogen) atoms. The summed E-state index contributed by atoms with van der Waals surface area (Å²) in [6.45, 7) is 6.66. The quantitative estimate of drug-likeness (QED) is 0.610. The summed E-state index contributed by atoms with van der Waals surface area (Å²) in [5.74, 6) is 0.855. The van der Waals surface area contributed by atoms with Crippen LogP contribution < -0.4 is 5.32 Å².